The molecule has 1 heterocycles. The first-order valence-corrected chi connectivity index (χ1v) is 8.09. The van der Waals surface area contributed by atoms with Crippen LogP contribution in [0.2, 0.25) is 0 Å². The topological polar surface area (TPSA) is 44.8 Å². The van der Waals surface area contributed by atoms with Gasteiger partial charge in [-0.15, -0.1) is 0 Å². The van der Waals surface area contributed by atoms with Gasteiger partial charge < -0.3 is 15.0 Å². The van der Waals surface area contributed by atoms with Gasteiger partial charge in [0.05, 0.1) is 7.11 Å². The average molecular weight is 305 g/mol. The van der Waals surface area contributed by atoms with E-state index >= 15 is 0 Å². The number of methoxy groups -OCH3 is 1. The number of hydrogen-bond donors (Lipinski definition) is 1. The zero-order valence-electron chi connectivity index (χ0n) is 13.8. The Balaban J connectivity index is 2.35. The number of para-hydroxylation sites is 1. The maximum absolute atomic E-state index is 13.1. The summed E-state index contributed by atoms with van der Waals surface area (Å²) in [6, 6.07) is 7.57. The van der Waals surface area contributed by atoms with Gasteiger partial charge in [-0.05, 0) is 19.2 Å². The van der Waals surface area contributed by atoms with Crippen molar-refractivity contribution in [3.8, 4) is 5.75 Å². The Morgan fingerprint density at radius 1 is 1.27 bits per heavy atom. The number of benzene rings is 1. The molecular weight excluding hydrogens is 278 g/mol. The molecule has 0 saturated carbocycles. The highest BCUT2D eigenvalue weighted by molar-refractivity contribution is 5.84. The minimum absolute atomic E-state index is 0.176. The number of ether oxygens (including phenoxy) is 1. The maximum atomic E-state index is 13.1. The minimum atomic E-state index is -0.274. The Bertz CT molecular complexity index is 483. The molecule has 5 heteroatoms. The highest BCUT2D eigenvalue weighted by Gasteiger charge is 2.32. The van der Waals surface area contributed by atoms with Crippen molar-refractivity contribution in [2.45, 2.75) is 19.9 Å². The van der Waals surface area contributed by atoms with Crippen LogP contribution in [-0.2, 0) is 4.79 Å². The van der Waals surface area contributed by atoms with Crippen LogP contribution in [0.4, 0.5) is 0 Å². The first-order valence-electron chi connectivity index (χ1n) is 8.09. The highest BCUT2D eigenvalue weighted by Crippen LogP contribution is 2.30. The molecule has 1 aromatic carbocycles. The van der Waals surface area contributed by atoms with E-state index in [0.29, 0.717) is 0 Å². The van der Waals surface area contributed by atoms with E-state index < -0.39 is 0 Å². The summed E-state index contributed by atoms with van der Waals surface area (Å²) in [6.45, 7) is 9.12. The quantitative estimate of drug-likeness (QED) is 0.865. The standard InChI is InChI=1S/C17H27N3O2/c1-4-19(5-2)16(14-8-6-7-9-15(14)22-3)17(21)20-12-10-18-11-13-20/h6-9,16,18H,4-5,10-13H2,1-3H3. The van der Waals surface area contributed by atoms with Gasteiger partial charge in [-0.2, -0.15) is 0 Å². The van der Waals surface area contributed by atoms with Crippen LogP contribution in [-0.4, -0.2) is 62.1 Å². The number of nitrogens with one attached hydrogen (secondary N) is 1. The molecular formula is C17H27N3O2. The van der Waals surface area contributed by atoms with Gasteiger partial charge in [0, 0.05) is 31.7 Å². The minimum Gasteiger partial charge on any atom is -0.496 e. The van der Waals surface area contributed by atoms with E-state index in [1.165, 1.54) is 0 Å². The van der Waals surface area contributed by atoms with Crippen molar-refractivity contribution in [2.24, 2.45) is 0 Å². The Morgan fingerprint density at radius 2 is 1.91 bits per heavy atom. The van der Waals surface area contributed by atoms with E-state index in [-0.39, 0.29) is 11.9 Å². The van der Waals surface area contributed by atoms with Crippen molar-refractivity contribution in [1.29, 1.82) is 0 Å². The van der Waals surface area contributed by atoms with Crippen LogP contribution in [0.5, 0.6) is 5.75 Å². The highest BCUT2D eigenvalue weighted by atomic mass is 16.5. The summed E-state index contributed by atoms with van der Waals surface area (Å²) < 4.78 is 5.49. The molecule has 1 saturated heterocycles. The zero-order chi connectivity index (χ0) is 15.9. The van der Waals surface area contributed by atoms with Crippen LogP contribution < -0.4 is 10.1 Å². The molecule has 2 rings (SSSR count). The molecule has 0 aromatic heterocycles. The number of carbonyl (C=O) groups is 1. The molecule has 0 aliphatic carbocycles. The summed E-state index contributed by atoms with van der Waals surface area (Å²) in [6.07, 6.45) is 0. The van der Waals surface area contributed by atoms with Gasteiger partial charge in [-0.25, -0.2) is 0 Å². The van der Waals surface area contributed by atoms with Crippen molar-refractivity contribution in [1.82, 2.24) is 15.1 Å². The molecule has 1 fully saturated rings. The van der Waals surface area contributed by atoms with E-state index in [0.717, 1.165) is 50.6 Å². The maximum Gasteiger partial charge on any atom is 0.244 e. The number of carbonyl (C=O) groups excluding carboxylic acids is 1. The fourth-order valence-electron chi connectivity index (χ4n) is 3.03. The third-order valence-corrected chi connectivity index (χ3v) is 4.27. The first kappa shape index (κ1) is 16.8. The third kappa shape index (κ3) is 3.59. The van der Waals surface area contributed by atoms with Gasteiger partial charge in [-0.3, -0.25) is 9.69 Å². The van der Waals surface area contributed by atoms with Gasteiger partial charge in [0.25, 0.3) is 0 Å². The predicted octanol–water partition coefficient (Wildman–Crippen LogP) is 1.51. The normalized spacial score (nSPS) is 16.6. The molecule has 1 aromatic rings. The second-order valence-electron chi connectivity index (χ2n) is 5.44. The summed E-state index contributed by atoms with van der Waals surface area (Å²) in [7, 11) is 1.66. The SMILES string of the molecule is CCN(CC)C(C(=O)N1CCNCC1)c1ccccc1OC. The van der Waals surface area contributed by atoms with E-state index in [1.807, 2.05) is 29.2 Å². The third-order valence-electron chi connectivity index (χ3n) is 4.27. The fourth-order valence-corrected chi connectivity index (χ4v) is 3.03. The number of hydrogen-bond acceptors (Lipinski definition) is 4. The van der Waals surface area contributed by atoms with Crippen LogP contribution in [0.3, 0.4) is 0 Å². The molecule has 1 unspecified atom stereocenters. The molecule has 1 aliphatic heterocycles. The first-order chi connectivity index (χ1) is 10.7. The summed E-state index contributed by atoms with van der Waals surface area (Å²) >= 11 is 0. The zero-order valence-corrected chi connectivity index (χ0v) is 13.8. The van der Waals surface area contributed by atoms with Crippen LogP contribution in [0.1, 0.15) is 25.5 Å². The van der Waals surface area contributed by atoms with Crippen molar-refractivity contribution in [3.05, 3.63) is 29.8 Å². The average Bonchev–Trinajstić information content (AvgIpc) is 2.59. The summed E-state index contributed by atoms with van der Waals surface area (Å²) in [5.74, 6) is 0.956. The smallest absolute Gasteiger partial charge is 0.244 e. The Labute approximate surface area is 133 Å². The van der Waals surface area contributed by atoms with Gasteiger partial charge in [0.2, 0.25) is 5.91 Å². The molecule has 0 bridgehead atoms. The van der Waals surface area contributed by atoms with Gasteiger partial charge in [0.15, 0.2) is 0 Å². The Hall–Kier alpha value is -1.59. The number of rotatable bonds is 6. The molecule has 22 heavy (non-hydrogen) atoms. The van der Waals surface area contributed by atoms with Crippen molar-refractivity contribution in [3.63, 3.8) is 0 Å². The van der Waals surface area contributed by atoms with Crippen LogP contribution in [0.25, 0.3) is 0 Å². The Kier molecular flexibility index (Phi) is 6.21. The lowest BCUT2D eigenvalue weighted by Crippen LogP contribution is -2.50. The number of likely N-dealkylation sites (N-methyl/N-ethyl adjacent to an activating group) is 1. The van der Waals surface area contributed by atoms with E-state index in [1.54, 1.807) is 7.11 Å². The van der Waals surface area contributed by atoms with Crippen molar-refractivity contribution in [2.75, 3.05) is 46.4 Å². The summed E-state index contributed by atoms with van der Waals surface area (Å²) in [4.78, 5) is 17.3. The van der Waals surface area contributed by atoms with Crippen LogP contribution >= 0.6 is 0 Å². The molecule has 1 atom stereocenters. The lowest BCUT2D eigenvalue weighted by Gasteiger charge is -2.36. The molecule has 5 nitrogen and oxygen atoms in total. The molecule has 1 aliphatic rings. The van der Waals surface area contributed by atoms with Crippen molar-refractivity contribution < 1.29 is 9.53 Å². The molecule has 1 N–H and O–H groups in total. The molecule has 0 spiro atoms. The molecule has 0 radical (unpaired) electrons. The van der Waals surface area contributed by atoms with Gasteiger partial charge in [-0.1, -0.05) is 32.0 Å². The predicted molar refractivity (Wildman–Crippen MR) is 88.1 cm³/mol. The lowest BCUT2D eigenvalue weighted by molar-refractivity contribution is -0.137. The van der Waals surface area contributed by atoms with E-state index in [9.17, 15) is 4.79 Å². The fraction of sp³-hybridized carbons (Fsp3) is 0.588. The van der Waals surface area contributed by atoms with Crippen LogP contribution in [0.15, 0.2) is 24.3 Å². The largest absolute Gasteiger partial charge is 0.496 e. The van der Waals surface area contributed by atoms with E-state index in [2.05, 4.69) is 24.1 Å². The second-order valence-corrected chi connectivity index (χ2v) is 5.44. The van der Waals surface area contributed by atoms with Crippen LogP contribution in [0, 0.1) is 0 Å². The number of piperazine rings is 1. The molecule has 1 amide bonds. The monoisotopic (exact) mass is 305 g/mol. The number of amides is 1. The van der Waals surface area contributed by atoms with Crippen molar-refractivity contribution >= 4 is 5.91 Å². The second kappa shape index (κ2) is 8.15. The Morgan fingerprint density at radius 3 is 2.50 bits per heavy atom. The lowest BCUT2D eigenvalue weighted by atomic mass is 10.0. The van der Waals surface area contributed by atoms with Gasteiger partial charge >= 0.3 is 0 Å². The number of nitrogens with zero attached hydrogens (tertiary/aromatic N) is 2. The molecule has 122 valence electrons. The summed E-state index contributed by atoms with van der Waals surface area (Å²) in [5.41, 5.74) is 0.956. The summed E-state index contributed by atoms with van der Waals surface area (Å²) in [5, 5.41) is 3.30. The van der Waals surface area contributed by atoms with Gasteiger partial charge in [0.1, 0.15) is 11.8 Å². The van der Waals surface area contributed by atoms with E-state index in [4.69, 9.17) is 4.74 Å².